The number of hydrogen-bond donors (Lipinski definition) is 7. The zero-order chi connectivity index (χ0) is 99.1. The molecule has 0 spiro atoms. The summed E-state index contributed by atoms with van der Waals surface area (Å²) in [4.78, 5) is 111. The van der Waals surface area contributed by atoms with Crippen molar-refractivity contribution in [2.75, 3.05) is 62.0 Å². The van der Waals surface area contributed by atoms with Gasteiger partial charge in [-0.3, -0.25) is 29.6 Å². The molecule has 0 unspecified atom stereocenters. The Morgan fingerprint density at radius 1 is 0.467 bits per heavy atom. The predicted octanol–water partition coefficient (Wildman–Crippen LogP) is 15.1. The van der Waals surface area contributed by atoms with Gasteiger partial charge in [0.1, 0.15) is 68.2 Å². The van der Waals surface area contributed by atoms with E-state index in [9.17, 15) is 19.2 Å². The summed E-state index contributed by atoms with van der Waals surface area (Å²) >= 11 is 17.4. The van der Waals surface area contributed by atoms with Gasteiger partial charge in [0.25, 0.3) is 6.47 Å². The predicted molar refractivity (Wildman–Crippen MR) is 539 cm³/mol. The van der Waals surface area contributed by atoms with Crippen molar-refractivity contribution in [3.63, 3.8) is 0 Å². The van der Waals surface area contributed by atoms with Crippen molar-refractivity contribution in [2.45, 2.75) is 319 Å². The molecule has 2 aromatic carbocycles. The molecule has 0 aliphatic rings. The van der Waals surface area contributed by atoms with E-state index in [0.717, 1.165) is 148 Å². The Morgan fingerprint density at radius 2 is 0.815 bits per heavy atom. The number of carbonyl (C=O) groups excluding carboxylic acids is 5. The molecule has 0 fully saturated rings. The number of halogens is 3. The van der Waals surface area contributed by atoms with Crippen molar-refractivity contribution in [2.24, 2.45) is 11.5 Å². The maximum Gasteiger partial charge on any atom is 1.00 e. The van der Waals surface area contributed by atoms with Crippen LogP contribution in [-0.2, 0) is 41.9 Å². The summed E-state index contributed by atoms with van der Waals surface area (Å²) < 4.78 is 21.0. The molecule has 0 radical (unpaired) electrons. The van der Waals surface area contributed by atoms with Crippen LogP contribution >= 0.6 is 34.8 Å². The minimum Gasteiger partial charge on any atom is -1.00 e. The van der Waals surface area contributed by atoms with Gasteiger partial charge < -0.3 is 88.2 Å². The zero-order valence-corrected chi connectivity index (χ0v) is 92.9. The first-order chi connectivity index (χ1) is 63.3. The van der Waals surface area contributed by atoms with Crippen LogP contribution in [0, 0.1) is 0 Å². The fourth-order valence-corrected chi connectivity index (χ4v) is 14.9. The topological polar surface area (TPSA) is 439 Å². The monoisotopic (exact) mass is 1980 g/mol. The molecule has 10 rings (SSSR count). The Morgan fingerprint density at radius 3 is 1.18 bits per heavy atom. The number of nitrogens with two attached hydrogens (primary N) is 3. The van der Waals surface area contributed by atoms with Crippen LogP contribution in [0.25, 0.3) is 44.1 Å². The number of unbranched alkanes of at least 4 members (excludes halogenated alkanes) is 8. The number of benzene rings is 2. The summed E-state index contributed by atoms with van der Waals surface area (Å²) in [5.74, 6) is 6.50. The molecular weight excluding hydrogens is 1830 g/mol. The van der Waals surface area contributed by atoms with Gasteiger partial charge >= 0.3 is 103 Å². The zero-order valence-electron chi connectivity index (χ0n) is 85.4. The van der Waals surface area contributed by atoms with Crippen LogP contribution in [0.5, 0.6) is 23.0 Å². The Balaban J connectivity index is 0.00000162. The summed E-state index contributed by atoms with van der Waals surface area (Å²) in [7, 11) is 6.51. The fraction of sp³-hybridized carbons (Fsp3) is 0.545. The van der Waals surface area contributed by atoms with E-state index in [-0.39, 0.29) is 178 Å². The minimum atomic E-state index is -0.282. The number of methoxy groups -OCH3 is 4. The number of anilines is 5. The normalized spacial score (nSPS) is 12.4. The molecule has 10 N–H and O–H groups in total. The molecule has 8 aromatic heterocycles. The molecule has 0 aliphatic heterocycles. The van der Waals surface area contributed by atoms with E-state index in [1.54, 1.807) is 93.1 Å². The van der Waals surface area contributed by atoms with Crippen molar-refractivity contribution in [1.29, 1.82) is 0 Å². The van der Waals surface area contributed by atoms with Crippen molar-refractivity contribution < 1.29 is 157 Å². The average Bonchev–Trinajstić information content (AvgIpc) is 0.817. The first kappa shape index (κ1) is 126. The summed E-state index contributed by atoms with van der Waals surface area (Å²) in [6.45, 7) is 36.9. The number of nitrogen functional groups attached to an aromatic ring is 1. The third-order valence-corrected chi connectivity index (χ3v) is 22.5. The van der Waals surface area contributed by atoms with E-state index >= 15 is 0 Å². The Hall–Kier alpha value is -7.27. The minimum absolute atomic E-state index is 0. The van der Waals surface area contributed by atoms with Crippen LogP contribution < -0.4 is 165 Å². The second-order valence-corrected chi connectivity index (χ2v) is 35.4. The third kappa shape index (κ3) is 49.4. The number of ether oxygens (including phenoxy) is 4. The van der Waals surface area contributed by atoms with Gasteiger partial charge in [-0.05, 0) is 231 Å². The molecule has 10 aromatic rings. The van der Waals surface area contributed by atoms with Gasteiger partial charge in [0.15, 0.2) is 22.6 Å². The average molecular weight is 1980 g/mol. The van der Waals surface area contributed by atoms with Gasteiger partial charge in [-0.25, -0.2) is 24.9 Å². The van der Waals surface area contributed by atoms with Crippen molar-refractivity contribution in [3.05, 3.63) is 137 Å². The Labute approximate surface area is 902 Å². The first-order valence-electron chi connectivity index (χ1n) is 46.0. The number of Topliss-reactive ketones (excluding diaryl/α,β-unsaturated/α-hetero) is 4. The van der Waals surface area contributed by atoms with Gasteiger partial charge in [-0.2, -0.15) is 15.0 Å². The van der Waals surface area contributed by atoms with E-state index in [0.29, 0.717) is 107 Å². The van der Waals surface area contributed by atoms with Gasteiger partial charge in [-0.1, -0.05) is 129 Å². The number of fused-ring (bicyclic) bond motifs is 4. The number of nitrogens with zero attached hydrogens (tertiary/aromatic N) is 13. The summed E-state index contributed by atoms with van der Waals surface area (Å²) in [6.07, 6.45) is 29.9. The summed E-state index contributed by atoms with van der Waals surface area (Å²) in [5, 5.41) is 23.0. The maximum atomic E-state index is 11.8. The number of pyridine rings is 4. The molecule has 36 heteroatoms. The molecule has 31 nitrogen and oxygen atoms in total. The van der Waals surface area contributed by atoms with E-state index < -0.39 is 0 Å². The van der Waals surface area contributed by atoms with E-state index in [1.807, 2.05) is 79.7 Å². The largest absolute Gasteiger partial charge is 1.00 e. The Kier molecular flexibility index (Phi) is 64.0. The molecule has 0 aliphatic carbocycles. The number of rotatable bonds is 46. The molecule has 0 saturated carbocycles. The third-order valence-electron chi connectivity index (χ3n) is 21.9. The standard InChI is InChI=1S/C27H37N5O3.C18H25ClN4O.C18H27N5O.C11H23NO.C9H13NO2.C8H19N.C7H3Cl2N3.CH2O3.2K.H/c1-6-7-8-14-27(3,15-13-19(2)33)32-25-24-22(10-9-16-28-24)30-26(31-25)29-18-20-11-12-21(34-4)17-23(20)35-5;2*1-4-5-6-10-18(3,11-9-13(2)24)23-16-15-14(8-7-12-20-15)21-17(19)22-16;1-4-5-6-8-11(3,12)9-7-10(2)13;1-11-8-4-3-7(6-10)9(5-8)12-2;1-6-9(7(2)3)8(4)5;8-6-5-4(2-1-3-10-5)11-7(9)12-6;2-1-4-3;;;/h9-12,16-17H,6-8,13-15,18H2,1-5H3,(H2,29,30,31,32);7-8,12H,4-6,9-11H2,1-3H3,(H,21,22,23);7-8,12H,4-6,9-11H2,1-3H3,(H3,19,21,22,23);4-9,12H2,1-3H3;3-5H,6,10H2,1-2H3;7-8H,6H2,1-5H3;1-3H;1,3H;;;/q;;;;;;;;2*+1;-1/p-1/t27-;2*18-;11-;;;;;;;/m1111......./s1. The van der Waals surface area contributed by atoms with Gasteiger partial charge in [0.2, 0.25) is 22.5 Å². The van der Waals surface area contributed by atoms with Crippen LogP contribution in [0.3, 0.4) is 0 Å². The van der Waals surface area contributed by atoms with E-state index in [2.05, 4.69) is 169 Å². The van der Waals surface area contributed by atoms with Crippen LogP contribution in [0.1, 0.15) is 284 Å². The van der Waals surface area contributed by atoms with Crippen LogP contribution in [0.15, 0.2) is 110 Å². The molecule has 0 saturated heterocycles. The molecule has 135 heavy (non-hydrogen) atoms. The molecule has 734 valence electrons. The van der Waals surface area contributed by atoms with Crippen LogP contribution in [0.4, 0.5) is 29.4 Å². The molecular formula is C99H149Cl3K2N20O11. The number of nitrogens with one attached hydrogen (secondary N) is 4. The number of carbonyl (C=O) groups is 5. The van der Waals surface area contributed by atoms with Crippen molar-refractivity contribution in [1.82, 2.24) is 64.7 Å². The maximum absolute atomic E-state index is 11.8. The van der Waals surface area contributed by atoms with Crippen molar-refractivity contribution in [3.8, 4) is 23.0 Å². The fourth-order valence-electron chi connectivity index (χ4n) is 14.3. The number of ketones is 4. The van der Waals surface area contributed by atoms with Gasteiger partial charge in [-0.15, -0.1) is 0 Å². The molecule has 0 bridgehead atoms. The van der Waals surface area contributed by atoms with Crippen LogP contribution in [0.2, 0.25) is 15.7 Å². The molecule has 0 amide bonds. The SMILES string of the molecule is CCCCC[C@@](C)(N)CCC(C)=O.CCCCC[C@](C)(CCC(C)=O)Nc1nc(Cl)nc2cccnc12.CCCCC[C@](C)(CCC(C)=O)Nc1nc(N)nc2cccnc12.CCCCC[C@](C)(CCC(C)=O)Nc1nc(NCc2ccc(OC)cc2OC)nc2cccnc12.CCN(C(C)C)C(C)C.COc1ccc(CN)c(OC)c1.Clc1nc(Cl)c2ncccc2n1.O=CO[O-].[H-].[K+].[K+]. The second-order valence-electron chi connectivity index (χ2n) is 34.4. The van der Waals surface area contributed by atoms with Crippen molar-refractivity contribution >= 4 is 138 Å². The number of aromatic nitrogens is 12. The quantitative estimate of drug-likeness (QED) is 0.00354. The molecule has 8 heterocycles. The van der Waals surface area contributed by atoms with Crippen LogP contribution in [-0.4, -0.2) is 164 Å². The second kappa shape index (κ2) is 68.7. The van der Waals surface area contributed by atoms with Gasteiger partial charge in [0, 0.05) is 121 Å². The summed E-state index contributed by atoms with van der Waals surface area (Å²) in [5.41, 5.74) is 24.0. The van der Waals surface area contributed by atoms with Gasteiger partial charge in [0.05, 0.1) is 50.5 Å². The number of hydrogen-bond acceptors (Lipinski definition) is 31. The van der Waals surface area contributed by atoms with E-state index in [4.69, 9.17) is 86.0 Å². The smallest absolute Gasteiger partial charge is 1.00 e. The molecule has 4 atom stereocenters. The first-order valence-corrected chi connectivity index (χ1v) is 47.1. The summed E-state index contributed by atoms with van der Waals surface area (Å²) in [6, 6.07) is 27.4. The van der Waals surface area contributed by atoms with E-state index in [1.165, 1.54) is 32.1 Å². The Bertz CT molecular complexity index is 5020.